The van der Waals surface area contributed by atoms with Crippen LogP contribution >= 0.6 is 0 Å². The van der Waals surface area contributed by atoms with Crippen LogP contribution in [0, 0.1) is 17.8 Å². The van der Waals surface area contributed by atoms with E-state index < -0.39 is 0 Å². The highest BCUT2D eigenvalue weighted by Crippen LogP contribution is 2.44. The second-order valence-electron chi connectivity index (χ2n) is 7.03. The normalized spacial score (nSPS) is 36.4. The lowest BCUT2D eigenvalue weighted by atomic mass is 9.66. The van der Waals surface area contributed by atoms with Crippen molar-refractivity contribution in [2.75, 3.05) is 0 Å². The van der Waals surface area contributed by atoms with Crippen molar-refractivity contribution in [1.82, 2.24) is 0 Å². The van der Waals surface area contributed by atoms with Gasteiger partial charge in [0.2, 0.25) is 0 Å². The summed E-state index contributed by atoms with van der Waals surface area (Å²) in [6.07, 6.45) is 12.7. The van der Waals surface area contributed by atoms with Crippen molar-refractivity contribution in [3.8, 4) is 0 Å². The van der Waals surface area contributed by atoms with Crippen molar-refractivity contribution >= 4 is 0 Å². The van der Waals surface area contributed by atoms with Gasteiger partial charge in [-0.3, -0.25) is 0 Å². The van der Waals surface area contributed by atoms with Crippen LogP contribution in [-0.4, -0.2) is 10.7 Å². The predicted molar refractivity (Wildman–Crippen MR) is 72.9 cm³/mol. The Hall–Kier alpha value is -0.0400. The molecule has 0 aromatic rings. The molecule has 2 aliphatic carbocycles. The average Bonchev–Trinajstić information content (AvgIpc) is 2.29. The molecule has 0 amide bonds. The number of hydrogen-bond acceptors (Lipinski definition) is 1. The minimum atomic E-state index is -0.293. The van der Waals surface area contributed by atoms with Gasteiger partial charge in [-0.1, -0.05) is 46.0 Å². The van der Waals surface area contributed by atoms with Crippen molar-refractivity contribution in [3.63, 3.8) is 0 Å². The van der Waals surface area contributed by atoms with Crippen LogP contribution in [0.2, 0.25) is 0 Å². The van der Waals surface area contributed by atoms with Gasteiger partial charge < -0.3 is 5.11 Å². The maximum absolute atomic E-state index is 11.0. The number of aliphatic hydroxyl groups is 1. The van der Waals surface area contributed by atoms with Crippen LogP contribution in [-0.2, 0) is 0 Å². The van der Waals surface area contributed by atoms with E-state index in [0.717, 1.165) is 24.7 Å². The van der Waals surface area contributed by atoms with Gasteiger partial charge in [-0.05, 0) is 49.9 Å². The first-order valence-electron chi connectivity index (χ1n) is 7.82. The molecule has 0 aromatic carbocycles. The van der Waals surface area contributed by atoms with Crippen molar-refractivity contribution in [1.29, 1.82) is 0 Å². The summed E-state index contributed by atoms with van der Waals surface area (Å²) >= 11 is 0. The molecular formula is C16H30O. The Morgan fingerprint density at radius 2 is 1.76 bits per heavy atom. The Morgan fingerprint density at radius 3 is 2.41 bits per heavy atom. The first-order chi connectivity index (χ1) is 8.10. The third kappa shape index (κ3) is 3.47. The van der Waals surface area contributed by atoms with Crippen molar-refractivity contribution in [2.24, 2.45) is 17.8 Å². The van der Waals surface area contributed by atoms with Gasteiger partial charge in [0.15, 0.2) is 0 Å². The van der Waals surface area contributed by atoms with Crippen LogP contribution in [0.15, 0.2) is 0 Å². The maximum Gasteiger partial charge on any atom is 0.0678 e. The molecule has 2 unspecified atom stereocenters. The molecule has 1 N–H and O–H groups in total. The van der Waals surface area contributed by atoms with Gasteiger partial charge in [0, 0.05) is 0 Å². The molecule has 100 valence electrons. The lowest BCUT2D eigenvalue weighted by Gasteiger charge is -2.44. The van der Waals surface area contributed by atoms with Crippen LogP contribution in [0.3, 0.4) is 0 Å². The van der Waals surface area contributed by atoms with Crippen LogP contribution in [0.25, 0.3) is 0 Å². The summed E-state index contributed by atoms with van der Waals surface area (Å²) in [7, 11) is 0. The first kappa shape index (κ1) is 13.4. The van der Waals surface area contributed by atoms with E-state index in [-0.39, 0.29) is 5.60 Å². The van der Waals surface area contributed by atoms with Gasteiger partial charge in [-0.25, -0.2) is 0 Å². The third-order valence-electron chi connectivity index (χ3n) is 5.03. The SMILES string of the molecule is CC(C)CC1CCCC(O)(C2CCCCC2)C1. The van der Waals surface area contributed by atoms with Crippen LogP contribution in [0.5, 0.6) is 0 Å². The minimum Gasteiger partial charge on any atom is -0.390 e. The van der Waals surface area contributed by atoms with Gasteiger partial charge in [-0.15, -0.1) is 0 Å². The lowest BCUT2D eigenvalue weighted by molar-refractivity contribution is -0.0780. The van der Waals surface area contributed by atoms with Gasteiger partial charge in [0.25, 0.3) is 0 Å². The van der Waals surface area contributed by atoms with Gasteiger partial charge >= 0.3 is 0 Å². The van der Waals surface area contributed by atoms with Crippen LogP contribution in [0.1, 0.15) is 78.1 Å². The highest BCUT2D eigenvalue weighted by molar-refractivity contribution is 4.93. The molecule has 0 heterocycles. The Labute approximate surface area is 107 Å². The summed E-state index contributed by atoms with van der Waals surface area (Å²) in [5.41, 5.74) is -0.293. The topological polar surface area (TPSA) is 20.2 Å². The Bertz CT molecular complexity index is 230. The molecule has 2 atom stereocenters. The highest BCUT2D eigenvalue weighted by Gasteiger charge is 2.41. The second-order valence-corrected chi connectivity index (χ2v) is 7.03. The van der Waals surface area contributed by atoms with E-state index in [1.165, 1.54) is 51.4 Å². The molecule has 0 spiro atoms. The molecule has 0 aliphatic heterocycles. The Kier molecular flexibility index (Phi) is 4.52. The molecule has 1 heteroatoms. The minimum absolute atomic E-state index is 0.293. The van der Waals surface area contributed by atoms with E-state index in [1.807, 2.05) is 0 Å². The molecule has 2 rings (SSSR count). The van der Waals surface area contributed by atoms with Crippen LogP contribution < -0.4 is 0 Å². The second kappa shape index (κ2) is 5.73. The fourth-order valence-corrected chi connectivity index (χ4v) is 4.28. The summed E-state index contributed by atoms with van der Waals surface area (Å²) in [6, 6.07) is 0. The molecule has 0 bridgehead atoms. The largest absolute Gasteiger partial charge is 0.390 e. The quantitative estimate of drug-likeness (QED) is 0.765. The summed E-state index contributed by atoms with van der Waals surface area (Å²) in [6.45, 7) is 4.63. The maximum atomic E-state index is 11.0. The van der Waals surface area contributed by atoms with E-state index >= 15 is 0 Å². The zero-order chi connectivity index (χ0) is 12.3. The molecule has 17 heavy (non-hydrogen) atoms. The summed E-state index contributed by atoms with van der Waals surface area (Å²) in [5, 5.41) is 11.0. The molecule has 1 nitrogen and oxygen atoms in total. The summed E-state index contributed by atoms with van der Waals surface area (Å²) in [5.74, 6) is 2.19. The van der Waals surface area contributed by atoms with E-state index in [9.17, 15) is 5.11 Å². The lowest BCUT2D eigenvalue weighted by Crippen LogP contribution is -2.43. The van der Waals surface area contributed by atoms with E-state index in [1.54, 1.807) is 0 Å². The number of rotatable bonds is 3. The van der Waals surface area contributed by atoms with Gasteiger partial charge in [0.05, 0.1) is 5.60 Å². The average molecular weight is 238 g/mol. The number of hydrogen-bond donors (Lipinski definition) is 1. The molecule has 2 fully saturated rings. The third-order valence-corrected chi connectivity index (χ3v) is 5.03. The van der Waals surface area contributed by atoms with Crippen LogP contribution in [0.4, 0.5) is 0 Å². The van der Waals surface area contributed by atoms with E-state index in [0.29, 0.717) is 5.92 Å². The van der Waals surface area contributed by atoms with E-state index in [2.05, 4.69) is 13.8 Å². The predicted octanol–water partition coefficient (Wildman–Crippen LogP) is 4.53. The van der Waals surface area contributed by atoms with Crippen molar-refractivity contribution in [3.05, 3.63) is 0 Å². The molecule has 0 saturated heterocycles. The smallest absolute Gasteiger partial charge is 0.0678 e. The molecule has 0 radical (unpaired) electrons. The van der Waals surface area contributed by atoms with Crippen molar-refractivity contribution < 1.29 is 5.11 Å². The molecule has 2 aliphatic rings. The zero-order valence-electron chi connectivity index (χ0n) is 11.8. The van der Waals surface area contributed by atoms with Gasteiger partial charge in [0.1, 0.15) is 0 Å². The van der Waals surface area contributed by atoms with Gasteiger partial charge in [-0.2, -0.15) is 0 Å². The molecular weight excluding hydrogens is 208 g/mol. The highest BCUT2D eigenvalue weighted by atomic mass is 16.3. The summed E-state index contributed by atoms with van der Waals surface area (Å²) in [4.78, 5) is 0. The standard InChI is InChI=1S/C16H30O/c1-13(2)11-14-7-6-10-16(17,12-14)15-8-4-3-5-9-15/h13-15,17H,3-12H2,1-2H3. The molecule has 2 saturated carbocycles. The zero-order valence-corrected chi connectivity index (χ0v) is 11.8. The van der Waals surface area contributed by atoms with Crippen molar-refractivity contribution in [2.45, 2.75) is 83.7 Å². The Balaban J connectivity index is 1.93. The fraction of sp³-hybridized carbons (Fsp3) is 1.00. The monoisotopic (exact) mass is 238 g/mol. The summed E-state index contributed by atoms with van der Waals surface area (Å²) < 4.78 is 0. The molecule has 0 aromatic heterocycles. The Morgan fingerprint density at radius 1 is 1.06 bits per heavy atom. The first-order valence-corrected chi connectivity index (χ1v) is 7.82. The fourth-order valence-electron chi connectivity index (χ4n) is 4.28. The van der Waals surface area contributed by atoms with E-state index in [4.69, 9.17) is 0 Å².